The molecule has 0 heterocycles. The summed E-state index contributed by atoms with van der Waals surface area (Å²) in [6, 6.07) is 0.133. The van der Waals surface area contributed by atoms with Gasteiger partial charge in [0.2, 0.25) is 10.0 Å². The van der Waals surface area contributed by atoms with E-state index in [1.165, 1.54) is 12.8 Å². The van der Waals surface area contributed by atoms with E-state index in [1.54, 1.807) is 0 Å². The Balaban J connectivity index is 2.29. The molecule has 5 heteroatoms. The van der Waals surface area contributed by atoms with Crippen molar-refractivity contribution in [3.63, 3.8) is 0 Å². The Bertz CT molecular complexity index is 288. The van der Waals surface area contributed by atoms with E-state index in [2.05, 4.69) is 4.72 Å². The molecule has 0 aromatic carbocycles. The first-order chi connectivity index (χ1) is 7.57. The van der Waals surface area contributed by atoms with Gasteiger partial charge in [-0.15, -0.1) is 11.6 Å². The summed E-state index contributed by atoms with van der Waals surface area (Å²) in [5.74, 6) is 1.51. The lowest BCUT2D eigenvalue weighted by Gasteiger charge is -2.16. The van der Waals surface area contributed by atoms with E-state index in [-0.39, 0.29) is 11.8 Å². The molecule has 0 saturated heterocycles. The van der Waals surface area contributed by atoms with E-state index in [0.717, 1.165) is 25.2 Å². The van der Waals surface area contributed by atoms with Crippen LogP contribution >= 0.6 is 11.6 Å². The number of hydrogen-bond acceptors (Lipinski definition) is 2. The van der Waals surface area contributed by atoms with Gasteiger partial charge in [0.25, 0.3) is 0 Å². The third-order valence-corrected chi connectivity index (χ3v) is 4.74. The Morgan fingerprint density at radius 1 is 1.38 bits per heavy atom. The first kappa shape index (κ1) is 14.3. The van der Waals surface area contributed by atoms with Crippen LogP contribution in [-0.4, -0.2) is 26.1 Å². The lowest BCUT2D eigenvalue weighted by molar-refractivity contribution is 0.494. The fraction of sp³-hybridized carbons (Fsp3) is 1.00. The van der Waals surface area contributed by atoms with Crippen LogP contribution in [0.15, 0.2) is 0 Å². The molecule has 1 N–H and O–H groups in total. The second-order valence-electron chi connectivity index (χ2n) is 4.62. The fourth-order valence-corrected chi connectivity index (χ4v) is 3.42. The summed E-state index contributed by atoms with van der Waals surface area (Å²) in [4.78, 5) is 0. The lowest BCUT2D eigenvalue weighted by Crippen LogP contribution is -2.36. The molecule has 1 rings (SSSR count). The maximum absolute atomic E-state index is 11.7. The predicted molar refractivity (Wildman–Crippen MR) is 68.3 cm³/mol. The van der Waals surface area contributed by atoms with Gasteiger partial charge in [0.05, 0.1) is 5.75 Å². The van der Waals surface area contributed by atoms with Crippen molar-refractivity contribution in [3.8, 4) is 0 Å². The minimum atomic E-state index is -3.09. The molecule has 0 amide bonds. The molecule has 1 unspecified atom stereocenters. The molecule has 0 aliphatic heterocycles. The smallest absolute Gasteiger partial charge is 0.211 e. The van der Waals surface area contributed by atoms with E-state index in [0.29, 0.717) is 12.3 Å². The van der Waals surface area contributed by atoms with Gasteiger partial charge >= 0.3 is 0 Å². The van der Waals surface area contributed by atoms with Gasteiger partial charge in [-0.1, -0.05) is 19.8 Å². The average Bonchev–Trinajstić information content (AvgIpc) is 3.00. The zero-order chi connectivity index (χ0) is 12.0. The molecule has 3 nitrogen and oxygen atoms in total. The topological polar surface area (TPSA) is 46.2 Å². The Morgan fingerprint density at radius 2 is 2.06 bits per heavy atom. The Hall–Kier alpha value is 0.200. The fourth-order valence-electron chi connectivity index (χ4n) is 1.75. The molecular weight excluding hydrogens is 246 g/mol. The van der Waals surface area contributed by atoms with Crippen LogP contribution in [0.4, 0.5) is 0 Å². The van der Waals surface area contributed by atoms with Crippen molar-refractivity contribution in [2.24, 2.45) is 5.92 Å². The van der Waals surface area contributed by atoms with Gasteiger partial charge in [-0.3, -0.25) is 0 Å². The molecule has 0 aromatic heterocycles. The van der Waals surface area contributed by atoms with Gasteiger partial charge in [-0.05, 0) is 31.6 Å². The second-order valence-corrected chi connectivity index (χ2v) is 6.87. The van der Waals surface area contributed by atoms with E-state index in [1.807, 2.05) is 6.92 Å². The molecule has 1 atom stereocenters. The van der Waals surface area contributed by atoms with E-state index < -0.39 is 10.0 Å². The third-order valence-electron chi connectivity index (χ3n) is 2.95. The number of unbranched alkanes of at least 4 members (excludes halogenated alkanes) is 1. The quantitative estimate of drug-likeness (QED) is 0.515. The minimum absolute atomic E-state index is 0.133. The highest BCUT2D eigenvalue weighted by atomic mass is 35.5. The van der Waals surface area contributed by atoms with Crippen LogP contribution in [0.2, 0.25) is 0 Å². The van der Waals surface area contributed by atoms with Gasteiger partial charge in [-0.2, -0.15) is 0 Å². The highest BCUT2D eigenvalue weighted by Crippen LogP contribution is 2.34. The van der Waals surface area contributed by atoms with Crippen molar-refractivity contribution in [3.05, 3.63) is 0 Å². The summed E-state index contributed by atoms with van der Waals surface area (Å²) in [6.45, 7) is 2.04. The monoisotopic (exact) mass is 267 g/mol. The summed E-state index contributed by atoms with van der Waals surface area (Å²) in [7, 11) is -3.09. The highest BCUT2D eigenvalue weighted by molar-refractivity contribution is 7.89. The largest absolute Gasteiger partial charge is 0.212 e. The highest BCUT2D eigenvalue weighted by Gasteiger charge is 2.26. The summed E-state index contributed by atoms with van der Waals surface area (Å²) < 4.78 is 26.2. The SMILES string of the molecule is CCC(CC1CC1)NS(=O)(=O)CCCCCl. The molecular formula is C11H22ClNO2S. The van der Waals surface area contributed by atoms with Crippen molar-refractivity contribution < 1.29 is 8.42 Å². The molecule has 1 fully saturated rings. The van der Waals surface area contributed by atoms with Gasteiger partial charge in [0.15, 0.2) is 0 Å². The maximum atomic E-state index is 11.7. The molecule has 1 saturated carbocycles. The Kier molecular flexibility index (Phi) is 6.08. The normalized spacial score (nSPS) is 18.6. The van der Waals surface area contributed by atoms with E-state index in [4.69, 9.17) is 11.6 Å². The number of hydrogen-bond donors (Lipinski definition) is 1. The number of sulfonamides is 1. The van der Waals surface area contributed by atoms with Crippen LogP contribution in [0.3, 0.4) is 0 Å². The predicted octanol–water partition coefficient (Wildman–Crippen LogP) is 2.50. The minimum Gasteiger partial charge on any atom is -0.212 e. The van der Waals surface area contributed by atoms with Gasteiger partial charge in [-0.25, -0.2) is 13.1 Å². The second kappa shape index (κ2) is 6.82. The molecule has 96 valence electrons. The molecule has 0 aromatic rings. The average molecular weight is 268 g/mol. The Morgan fingerprint density at radius 3 is 2.56 bits per heavy atom. The van der Waals surface area contributed by atoms with Crippen LogP contribution in [0.5, 0.6) is 0 Å². The first-order valence-electron chi connectivity index (χ1n) is 6.13. The van der Waals surface area contributed by atoms with Crippen LogP contribution in [0.1, 0.15) is 45.4 Å². The van der Waals surface area contributed by atoms with Crippen LogP contribution in [-0.2, 0) is 10.0 Å². The van der Waals surface area contributed by atoms with Crippen molar-refractivity contribution in [1.82, 2.24) is 4.72 Å². The number of alkyl halides is 1. The van der Waals surface area contributed by atoms with Crippen LogP contribution in [0, 0.1) is 5.92 Å². The van der Waals surface area contributed by atoms with Crippen molar-refractivity contribution in [1.29, 1.82) is 0 Å². The third kappa shape index (κ3) is 6.06. The van der Waals surface area contributed by atoms with Crippen molar-refractivity contribution >= 4 is 21.6 Å². The maximum Gasteiger partial charge on any atom is 0.211 e. The number of rotatable bonds is 9. The van der Waals surface area contributed by atoms with E-state index in [9.17, 15) is 8.42 Å². The molecule has 1 aliphatic carbocycles. The number of nitrogens with one attached hydrogen (secondary N) is 1. The Labute approximate surface area is 104 Å². The zero-order valence-corrected chi connectivity index (χ0v) is 11.5. The van der Waals surface area contributed by atoms with Crippen LogP contribution in [0.25, 0.3) is 0 Å². The summed E-state index contributed by atoms with van der Waals surface area (Å²) in [6.07, 6.45) is 5.84. The van der Waals surface area contributed by atoms with E-state index >= 15 is 0 Å². The van der Waals surface area contributed by atoms with Crippen molar-refractivity contribution in [2.45, 2.75) is 51.5 Å². The summed E-state index contributed by atoms with van der Waals surface area (Å²) in [5, 5.41) is 0. The van der Waals surface area contributed by atoms with Gasteiger partial charge < -0.3 is 0 Å². The summed E-state index contributed by atoms with van der Waals surface area (Å²) >= 11 is 5.53. The molecule has 1 aliphatic rings. The molecule has 0 spiro atoms. The molecule has 16 heavy (non-hydrogen) atoms. The first-order valence-corrected chi connectivity index (χ1v) is 8.32. The van der Waals surface area contributed by atoms with Gasteiger partial charge in [0, 0.05) is 11.9 Å². The molecule has 0 radical (unpaired) electrons. The molecule has 0 bridgehead atoms. The van der Waals surface area contributed by atoms with Crippen molar-refractivity contribution in [2.75, 3.05) is 11.6 Å². The zero-order valence-electron chi connectivity index (χ0n) is 9.91. The summed E-state index contributed by atoms with van der Waals surface area (Å²) in [5.41, 5.74) is 0. The van der Waals surface area contributed by atoms with Gasteiger partial charge in [0.1, 0.15) is 0 Å². The van der Waals surface area contributed by atoms with Crippen LogP contribution < -0.4 is 4.72 Å². The standard InChI is InChI=1S/C11H22ClNO2S/c1-2-11(9-10-5-6-10)13-16(14,15)8-4-3-7-12/h10-11,13H,2-9H2,1H3. The lowest BCUT2D eigenvalue weighted by atomic mass is 10.1. The number of halogens is 1.